The standard InChI is InChI=1S/C12H24N2O.ClH/c1-6-12(4,5)11(15)14-7-9(2)13-10(3)8-14;/h9-10,13H,6-8H2,1-5H3;1H. The minimum absolute atomic E-state index is 0. The topological polar surface area (TPSA) is 32.3 Å². The van der Waals surface area contributed by atoms with Gasteiger partial charge in [0.1, 0.15) is 0 Å². The second-order valence-corrected chi connectivity index (χ2v) is 5.42. The fourth-order valence-electron chi connectivity index (χ4n) is 2.07. The number of amides is 1. The van der Waals surface area contributed by atoms with Gasteiger partial charge >= 0.3 is 0 Å². The molecule has 2 unspecified atom stereocenters. The monoisotopic (exact) mass is 248 g/mol. The molecule has 96 valence electrons. The first-order valence-corrected chi connectivity index (χ1v) is 5.92. The second kappa shape index (κ2) is 5.87. The van der Waals surface area contributed by atoms with Gasteiger partial charge in [0, 0.05) is 30.6 Å². The average molecular weight is 249 g/mol. The summed E-state index contributed by atoms with van der Waals surface area (Å²) in [6.07, 6.45) is 0.901. The van der Waals surface area contributed by atoms with Crippen molar-refractivity contribution in [1.82, 2.24) is 10.2 Å². The van der Waals surface area contributed by atoms with Gasteiger partial charge in [0.2, 0.25) is 5.91 Å². The normalized spacial score (nSPS) is 26.2. The van der Waals surface area contributed by atoms with E-state index in [1.165, 1.54) is 0 Å². The van der Waals surface area contributed by atoms with E-state index in [1.807, 2.05) is 18.7 Å². The molecule has 0 aromatic heterocycles. The fourth-order valence-corrected chi connectivity index (χ4v) is 2.07. The van der Waals surface area contributed by atoms with Crippen molar-refractivity contribution in [2.24, 2.45) is 5.41 Å². The van der Waals surface area contributed by atoms with Gasteiger partial charge in [-0.3, -0.25) is 4.79 Å². The summed E-state index contributed by atoms with van der Waals surface area (Å²) in [5.41, 5.74) is -0.212. The minimum atomic E-state index is -0.212. The van der Waals surface area contributed by atoms with Crippen molar-refractivity contribution >= 4 is 18.3 Å². The molecule has 2 atom stereocenters. The molecule has 0 spiro atoms. The lowest BCUT2D eigenvalue weighted by Gasteiger charge is -2.39. The predicted octanol–water partition coefficient (Wildman–Crippen LogP) is 2.05. The molecule has 3 nitrogen and oxygen atoms in total. The Labute approximate surface area is 105 Å². The van der Waals surface area contributed by atoms with Gasteiger partial charge in [0.05, 0.1) is 0 Å². The lowest BCUT2D eigenvalue weighted by atomic mass is 9.88. The number of nitrogens with zero attached hydrogens (tertiary/aromatic N) is 1. The van der Waals surface area contributed by atoms with Crippen LogP contribution < -0.4 is 5.32 Å². The van der Waals surface area contributed by atoms with E-state index in [2.05, 4.69) is 26.1 Å². The molecule has 1 N–H and O–H groups in total. The van der Waals surface area contributed by atoms with Gasteiger partial charge in [-0.25, -0.2) is 0 Å². The van der Waals surface area contributed by atoms with Gasteiger partial charge in [0.25, 0.3) is 0 Å². The van der Waals surface area contributed by atoms with Gasteiger partial charge in [-0.2, -0.15) is 0 Å². The smallest absolute Gasteiger partial charge is 0.228 e. The maximum atomic E-state index is 12.2. The molecule has 1 aliphatic heterocycles. The zero-order valence-electron chi connectivity index (χ0n) is 11.0. The van der Waals surface area contributed by atoms with Crippen LogP contribution in [0, 0.1) is 5.41 Å². The van der Waals surface area contributed by atoms with Crippen LogP contribution in [0.4, 0.5) is 0 Å². The van der Waals surface area contributed by atoms with Crippen LogP contribution >= 0.6 is 12.4 Å². The molecule has 1 saturated heterocycles. The Morgan fingerprint density at radius 3 is 2.12 bits per heavy atom. The highest BCUT2D eigenvalue weighted by molar-refractivity contribution is 5.85. The quantitative estimate of drug-likeness (QED) is 0.811. The molecule has 1 amide bonds. The highest BCUT2D eigenvalue weighted by Gasteiger charge is 2.33. The summed E-state index contributed by atoms with van der Waals surface area (Å²) >= 11 is 0. The Morgan fingerprint density at radius 2 is 1.75 bits per heavy atom. The molecule has 1 fully saturated rings. The lowest BCUT2D eigenvalue weighted by Crippen LogP contribution is -2.58. The van der Waals surface area contributed by atoms with Crippen LogP contribution in [0.15, 0.2) is 0 Å². The summed E-state index contributed by atoms with van der Waals surface area (Å²) in [6, 6.07) is 0.815. The third kappa shape index (κ3) is 3.63. The van der Waals surface area contributed by atoms with E-state index < -0.39 is 0 Å². The van der Waals surface area contributed by atoms with Crippen molar-refractivity contribution in [3.05, 3.63) is 0 Å². The number of carbonyl (C=O) groups excluding carboxylic acids is 1. The van der Waals surface area contributed by atoms with Crippen LogP contribution in [0.2, 0.25) is 0 Å². The van der Waals surface area contributed by atoms with Crippen molar-refractivity contribution in [3.63, 3.8) is 0 Å². The second-order valence-electron chi connectivity index (χ2n) is 5.42. The number of piperazine rings is 1. The van der Waals surface area contributed by atoms with Crippen molar-refractivity contribution in [3.8, 4) is 0 Å². The molecule has 16 heavy (non-hydrogen) atoms. The van der Waals surface area contributed by atoms with Crippen LogP contribution in [-0.2, 0) is 4.79 Å². The number of rotatable bonds is 2. The van der Waals surface area contributed by atoms with E-state index in [1.54, 1.807) is 0 Å². The largest absolute Gasteiger partial charge is 0.339 e. The molecular weight excluding hydrogens is 224 g/mol. The van der Waals surface area contributed by atoms with E-state index in [-0.39, 0.29) is 17.8 Å². The first kappa shape index (κ1) is 15.7. The summed E-state index contributed by atoms with van der Waals surface area (Å²) < 4.78 is 0. The average Bonchev–Trinajstić information content (AvgIpc) is 2.15. The summed E-state index contributed by atoms with van der Waals surface area (Å²) in [6.45, 7) is 12.1. The number of carbonyl (C=O) groups is 1. The van der Waals surface area contributed by atoms with E-state index in [4.69, 9.17) is 0 Å². The Morgan fingerprint density at radius 1 is 1.31 bits per heavy atom. The molecule has 0 bridgehead atoms. The van der Waals surface area contributed by atoms with E-state index in [0.29, 0.717) is 18.0 Å². The first-order valence-electron chi connectivity index (χ1n) is 5.92. The molecule has 0 radical (unpaired) electrons. The fraction of sp³-hybridized carbons (Fsp3) is 0.917. The third-order valence-electron chi connectivity index (χ3n) is 3.31. The number of hydrogen-bond acceptors (Lipinski definition) is 2. The van der Waals surface area contributed by atoms with E-state index in [9.17, 15) is 4.79 Å². The molecule has 0 aliphatic carbocycles. The predicted molar refractivity (Wildman–Crippen MR) is 70.0 cm³/mol. The van der Waals surface area contributed by atoms with Gasteiger partial charge in [-0.05, 0) is 20.3 Å². The first-order chi connectivity index (χ1) is 6.86. The molecule has 0 aromatic rings. The van der Waals surface area contributed by atoms with Gasteiger partial charge in [-0.1, -0.05) is 20.8 Å². The van der Waals surface area contributed by atoms with Gasteiger partial charge in [0.15, 0.2) is 0 Å². The minimum Gasteiger partial charge on any atom is -0.339 e. The van der Waals surface area contributed by atoms with Crippen LogP contribution in [0.1, 0.15) is 41.0 Å². The van der Waals surface area contributed by atoms with Crippen LogP contribution in [0.3, 0.4) is 0 Å². The highest BCUT2D eigenvalue weighted by atomic mass is 35.5. The molecule has 0 aromatic carbocycles. The Balaban J connectivity index is 0.00000225. The number of nitrogens with one attached hydrogen (secondary N) is 1. The van der Waals surface area contributed by atoms with Gasteiger partial charge < -0.3 is 10.2 Å². The van der Waals surface area contributed by atoms with E-state index >= 15 is 0 Å². The Bertz CT molecular complexity index is 233. The van der Waals surface area contributed by atoms with Crippen molar-refractivity contribution in [2.75, 3.05) is 13.1 Å². The molecule has 1 rings (SSSR count). The van der Waals surface area contributed by atoms with Gasteiger partial charge in [-0.15, -0.1) is 12.4 Å². The zero-order chi connectivity index (χ0) is 11.6. The van der Waals surface area contributed by atoms with Crippen LogP contribution in [0.25, 0.3) is 0 Å². The summed E-state index contributed by atoms with van der Waals surface area (Å²) in [5.74, 6) is 0.296. The van der Waals surface area contributed by atoms with Crippen LogP contribution in [0.5, 0.6) is 0 Å². The SMILES string of the molecule is CCC(C)(C)C(=O)N1CC(C)NC(C)C1.Cl. The zero-order valence-corrected chi connectivity index (χ0v) is 11.9. The summed E-state index contributed by atoms with van der Waals surface area (Å²) in [4.78, 5) is 14.2. The molecular formula is C12H25ClN2O. The number of hydrogen-bond donors (Lipinski definition) is 1. The number of halogens is 1. The molecule has 4 heteroatoms. The summed E-state index contributed by atoms with van der Waals surface area (Å²) in [5, 5.41) is 3.44. The van der Waals surface area contributed by atoms with Crippen molar-refractivity contribution in [2.45, 2.75) is 53.1 Å². The van der Waals surface area contributed by atoms with Crippen molar-refractivity contribution in [1.29, 1.82) is 0 Å². The van der Waals surface area contributed by atoms with E-state index in [0.717, 1.165) is 19.5 Å². The third-order valence-corrected chi connectivity index (χ3v) is 3.31. The van der Waals surface area contributed by atoms with Crippen molar-refractivity contribution < 1.29 is 4.79 Å². The molecule has 0 saturated carbocycles. The Hall–Kier alpha value is -0.280. The Kier molecular flexibility index (Phi) is 5.77. The lowest BCUT2D eigenvalue weighted by molar-refractivity contribution is -0.142. The highest BCUT2D eigenvalue weighted by Crippen LogP contribution is 2.24. The molecule has 1 aliphatic rings. The van der Waals surface area contributed by atoms with Crippen LogP contribution in [-0.4, -0.2) is 36.0 Å². The maximum absolute atomic E-state index is 12.2. The summed E-state index contributed by atoms with van der Waals surface area (Å²) in [7, 11) is 0. The molecule has 1 heterocycles. The maximum Gasteiger partial charge on any atom is 0.228 e.